The predicted molar refractivity (Wildman–Crippen MR) is 64.4 cm³/mol. The third kappa shape index (κ3) is 2.67. The molecule has 2 aromatic rings. The van der Waals surface area contributed by atoms with Gasteiger partial charge in [-0.15, -0.1) is 0 Å². The maximum atomic E-state index is 11.6. The van der Waals surface area contributed by atoms with Crippen molar-refractivity contribution in [3.63, 3.8) is 0 Å². The van der Waals surface area contributed by atoms with E-state index < -0.39 is 0 Å². The number of aromatic nitrogens is 3. The molecule has 0 fully saturated rings. The molecule has 0 aliphatic rings. The first kappa shape index (κ1) is 11.3. The van der Waals surface area contributed by atoms with E-state index in [2.05, 4.69) is 15.5 Å². The molecule has 0 aromatic carbocycles. The summed E-state index contributed by atoms with van der Waals surface area (Å²) in [5, 5.41) is 4.04. The molecule has 0 atom stereocenters. The number of hydrogen-bond donors (Lipinski definition) is 2. The standard InChI is InChI=1S/C11H13N5O/c1-8-4-11(17)16(14-6-8)7-10-5-9(15-12)2-3-13-10/h2-6H,7,12H2,1H3,(H,13,15). The van der Waals surface area contributed by atoms with Gasteiger partial charge in [0.1, 0.15) is 0 Å². The van der Waals surface area contributed by atoms with Crippen LogP contribution in [0.3, 0.4) is 0 Å². The minimum absolute atomic E-state index is 0.141. The van der Waals surface area contributed by atoms with Crippen LogP contribution in [0.15, 0.2) is 35.4 Å². The van der Waals surface area contributed by atoms with E-state index in [0.29, 0.717) is 6.54 Å². The van der Waals surface area contributed by atoms with Gasteiger partial charge in [-0.3, -0.25) is 15.6 Å². The van der Waals surface area contributed by atoms with Crippen molar-refractivity contribution in [1.29, 1.82) is 0 Å². The van der Waals surface area contributed by atoms with Crippen LogP contribution in [0.5, 0.6) is 0 Å². The molecule has 0 radical (unpaired) electrons. The number of rotatable bonds is 3. The van der Waals surface area contributed by atoms with E-state index in [1.54, 1.807) is 24.5 Å². The fraction of sp³-hybridized carbons (Fsp3) is 0.182. The topological polar surface area (TPSA) is 85.8 Å². The Morgan fingerprint density at radius 2 is 2.29 bits per heavy atom. The van der Waals surface area contributed by atoms with Crippen molar-refractivity contribution < 1.29 is 0 Å². The highest BCUT2D eigenvalue weighted by Crippen LogP contribution is 2.06. The van der Waals surface area contributed by atoms with E-state index in [9.17, 15) is 4.79 Å². The number of anilines is 1. The summed E-state index contributed by atoms with van der Waals surface area (Å²) < 4.78 is 1.36. The molecule has 0 saturated heterocycles. The Kier molecular flexibility index (Phi) is 3.15. The van der Waals surface area contributed by atoms with Gasteiger partial charge in [-0.05, 0) is 24.6 Å². The molecular formula is C11H13N5O. The van der Waals surface area contributed by atoms with Crippen LogP contribution < -0.4 is 16.8 Å². The first-order chi connectivity index (χ1) is 8.19. The van der Waals surface area contributed by atoms with Crippen LogP contribution in [0, 0.1) is 6.92 Å². The lowest BCUT2D eigenvalue weighted by atomic mass is 10.3. The fourth-order valence-electron chi connectivity index (χ4n) is 1.45. The van der Waals surface area contributed by atoms with Crippen molar-refractivity contribution in [1.82, 2.24) is 14.8 Å². The summed E-state index contributed by atoms with van der Waals surface area (Å²) >= 11 is 0. The minimum Gasteiger partial charge on any atom is -0.324 e. The Bertz CT molecular complexity index is 578. The summed E-state index contributed by atoms with van der Waals surface area (Å²) in [6.45, 7) is 2.16. The second-order valence-corrected chi connectivity index (χ2v) is 3.71. The van der Waals surface area contributed by atoms with Crippen LogP contribution in [0.1, 0.15) is 11.3 Å². The molecule has 0 unspecified atom stereocenters. The smallest absolute Gasteiger partial charge is 0.267 e. The normalized spacial score (nSPS) is 10.2. The molecule has 0 spiro atoms. The van der Waals surface area contributed by atoms with Crippen molar-refractivity contribution in [3.8, 4) is 0 Å². The molecule has 17 heavy (non-hydrogen) atoms. The van der Waals surface area contributed by atoms with Crippen molar-refractivity contribution in [3.05, 3.63) is 52.2 Å². The first-order valence-corrected chi connectivity index (χ1v) is 5.14. The molecule has 3 N–H and O–H groups in total. The van der Waals surface area contributed by atoms with Crippen molar-refractivity contribution >= 4 is 5.69 Å². The Hall–Kier alpha value is -2.21. The van der Waals surface area contributed by atoms with Crippen LogP contribution >= 0.6 is 0 Å². The molecule has 0 saturated carbocycles. The van der Waals surface area contributed by atoms with Gasteiger partial charge < -0.3 is 5.43 Å². The number of pyridine rings is 1. The molecule has 0 aliphatic heterocycles. The zero-order valence-corrected chi connectivity index (χ0v) is 9.42. The number of hydrazine groups is 1. The van der Waals surface area contributed by atoms with Gasteiger partial charge in [-0.2, -0.15) is 5.10 Å². The number of nitrogen functional groups attached to an aromatic ring is 1. The molecule has 0 amide bonds. The van der Waals surface area contributed by atoms with Gasteiger partial charge in [0.15, 0.2) is 0 Å². The summed E-state index contributed by atoms with van der Waals surface area (Å²) in [5.41, 5.74) is 4.70. The molecule has 6 heteroatoms. The monoisotopic (exact) mass is 231 g/mol. The Balaban J connectivity index is 2.28. The van der Waals surface area contributed by atoms with Crippen LogP contribution in [0.4, 0.5) is 5.69 Å². The second-order valence-electron chi connectivity index (χ2n) is 3.71. The van der Waals surface area contributed by atoms with Crippen LogP contribution in [0.2, 0.25) is 0 Å². The van der Waals surface area contributed by atoms with E-state index >= 15 is 0 Å². The maximum absolute atomic E-state index is 11.6. The fourth-order valence-corrected chi connectivity index (χ4v) is 1.45. The minimum atomic E-state index is -0.141. The quantitative estimate of drug-likeness (QED) is 0.585. The van der Waals surface area contributed by atoms with E-state index in [-0.39, 0.29) is 5.56 Å². The van der Waals surface area contributed by atoms with Crippen molar-refractivity contribution in [2.75, 3.05) is 5.43 Å². The van der Waals surface area contributed by atoms with Gasteiger partial charge >= 0.3 is 0 Å². The molecule has 6 nitrogen and oxygen atoms in total. The number of hydrogen-bond acceptors (Lipinski definition) is 5. The number of nitrogens with two attached hydrogens (primary N) is 1. The van der Waals surface area contributed by atoms with Crippen LogP contribution in [-0.4, -0.2) is 14.8 Å². The second kappa shape index (κ2) is 4.75. The van der Waals surface area contributed by atoms with Crippen LogP contribution in [0.25, 0.3) is 0 Å². The summed E-state index contributed by atoms with van der Waals surface area (Å²) in [6.07, 6.45) is 3.27. The number of nitrogens with zero attached hydrogens (tertiary/aromatic N) is 3. The largest absolute Gasteiger partial charge is 0.324 e. The van der Waals surface area contributed by atoms with E-state index in [4.69, 9.17) is 5.84 Å². The van der Waals surface area contributed by atoms with Crippen LogP contribution in [-0.2, 0) is 6.54 Å². The highest BCUT2D eigenvalue weighted by atomic mass is 16.1. The zero-order valence-electron chi connectivity index (χ0n) is 9.42. The van der Waals surface area contributed by atoms with Gasteiger partial charge in [0.05, 0.1) is 24.1 Å². The third-order valence-corrected chi connectivity index (χ3v) is 2.30. The van der Waals surface area contributed by atoms with E-state index in [0.717, 1.165) is 16.9 Å². The average molecular weight is 231 g/mol. The molecule has 0 aliphatic carbocycles. The summed E-state index contributed by atoms with van der Waals surface area (Å²) in [4.78, 5) is 15.8. The van der Waals surface area contributed by atoms with Gasteiger partial charge in [-0.25, -0.2) is 4.68 Å². The molecule has 2 aromatic heterocycles. The lowest BCUT2D eigenvalue weighted by Crippen LogP contribution is -2.23. The summed E-state index contributed by atoms with van der Waals surface area (Å²) in [6, 6.07) is 5.06. The molecule has 2 heterocycles. The van der Waals surface area contributed by atoms with Gasteiger partial charge in [0, 0.05) is 12.3 Å². The van der Waals surface area contributed by atoms with E-state index in [1.165, 1.54) is 10.7 Å². The SMILES string of the molecule is Cc1cnn(Cc2cc(NN)ccn2)c(=O)c1. The molecule has 88 valence electrons. The van der Waals surface area contributed by atoms with Gasteiger partial charge in [0.2, 0.25) is 0 Å². The van der Waals surface area contributed by atoms with Crippen molar-refractivity contribution in [2.45, 2.75) is 13.5 Å². The maximum Gasteiger partial charge on any atom is 0.267 e. The predicted octanol–water partition coefficient (Wildman–Crippen LogP) is 0.281. The van der Waals surface area contributed by atoms with Gasteiger partial charge in [0.25, 0.3) is 5.56 Å². The molecular weight excluding hydrogens is 218 g/mol. The lowest BCUT2D eigenvalue weighted by molar-refractivity contribution is 0.625. The third-order valence-electron chi connectivity index (χ3n) is 2.30. The van der Waals surface area contributed by atoms with Gasteiger partial charge in [-0.1, -0.05) is 0 Å². The Labute approximate surface area is 98.1 Å². The number of aryl methyl sites for hydroxylation is 1. The molecule has 2 rings (SSSR count). The number of nitrogens with one attached hydrogen (secondary N) is 1. The lowest BCUT2D eigenvalue weighted by Gasteiger charge is -2.05. The molecule has 0 bridgehead atoms. The van der Waals surface area contributed by atoms with Crippen molar-refractivity contribution in [2.24, 2.45) is 5.84 Å². The van der Waals surface area contributed by atoms with E-state index in [1.807, 2.05) is 6.92 Å². The average Bonchev–Trinajstić information content (AvgIpc) is 2.33. The zero-order chi connectivity index (χ0) is 12.3. The highest BCUT2D eigenvalue weighted by Gasteiger charge is 2.01. The Morgan fingerprint density at radius 1 is 1.47 bits per heavy atom. The first-order valence-electron chi connectivity index (χ1n) is 5.14. The Morgan fingerprint density at radius 3 is 3.00 bits per heavy atom. The highest BCUT2D eigenvalue weighted by molar-refractivity contribution is 5.41. The summed E-state index contributed by atoms with van der Waals surface area (Å²) in [5.74, 6) is 5.30. The summed E-state index contributed by atoms with van der Waals surface area (Å²) in [7, 11) is 0.